The third kappa shape index (κ3) is 2.78. The van der Waals surface area contributed by atoms with Crippen LogP contribution in [0.25, 0.3) is 28.0 Å². The molecule has 7 heteroatoms. The van der Waals surface area contributed by atoms with Gasteiger partial charge in [-0.15, -0.1) is 0 Å². The van der Waals surface area contributed by atoms with Crippen LogP contribution in [0.15, 0.2) is 49.2 Å². The molecule has 3 heterocycles. The largest absolute Gasteiger partial charge is 0.382 e. The van der Waals surface area contributed by atoms with E-state index in [0.29, 0.717) is 11.4 Å². The van der Waals surface area contributed by atoms with Crippen molar-refractivity contribution in [2.24, 2.45) is 0 Å². The lowest BCUT2D eigenvalue weighted by Gasteiger charge is -2.15. The van der Waals surface area contributed by atoms with Gasteiger partial charge in [0.05, 0.1) is 41.6 Å². The smallest absolute Gasteiger partial charge is 0.156 e. The number of fused-ring (bicyclic) bond motifs is 1. The number of benzene rings is 1. The molecule has 0 unspecified atom stereocenters. The molecular formula is C19H17N7. The summed E-state index contributed by atoms with van der Waals surface area (Å²) in [6, 6.07) is 9.89. The number of nitrogens with one attached hydrogen (secondary N) is 2. The highest BCUT2D eigenvalue weighted by Crippen LogP contribution is 2.28. The molecule has 4 rings (SSSR count). The summed E-state index contributed by atoms with van der Waals surface area (Å²) in [5, 5.41) is 17.9. The molecule has 0 saturated carbocycles. The van der Waals surface area contributed by atoms with Crippen LogP contribution in [0.2, 0.25) is 0 Å². The molecule has 4 aromatic rings. The van der Waals surface area contributed by atoms with Gasteiger partial charge in [0.1, 0.15) is 0 Å². The number of anilines is 1. The number of hydrogen-bond donors (Lipinski definition) is 2. The summed E-state index contributed by atoms with van der Waals surface area (Å²) in [4.78, 5) is 11.8. The Kier molecular flexibility index (Phi) is 3.86. The van der Waals surface area contributed by atoms with Gasteiger partial charge in [-0.3, -0.25) is 0 Å². The van der Waals surface area contributed by atoms with E-state index in [1.54, 1.807) is 29.5 Å². The van der Waals surface area contributed by atoms with Gasteiger partial charge in [-0.1, -0.05) is 0 Å². The van der Waals surface area contributed by atoms with E-state index in [1.807, 2.05) is 24.4 Å². The van der Waals surface area contributed by atoms with E-state index in [9.17, 15) is 0 Å². The molecule has 0 saturated heterocycles. The minimum atomic E-state index is 0.263. The van der Waals surface area contributed by atoms with Gasteiger partial charge in [-0.25, -0.2) is 14.6 Å². The fourth-order valence-corrected chi connectivity index (χ4v) is 2.89. The number of hydrogen-bond acceptors (Lipinski definition) is 5. The summed E-state index contributed by atoms with van der Waals surface area (Å²) in [5.41, 5.74) is 4.31. The van der Waals surface area contributed by atoms with E-state index in [4.69, 9.17) is 5.26 Å². The van der Waals surface area contributed by atoms with Crippen molar-refractivity contribution in [2.45, 2.75) is 19.9 Å². The molecule has 0 spiro atoms. The van der Waals surface area contributed by atoms with Crippen LogP contribution < -0.4 is 5.32 Å². The first-order valence-corrected chi connectivity index (χ1v) is 8.29. The lowest BCUT2D eigenvalue weighted by molar-refractivity contribution is 0.867. The Morgan fingerprint density at radius 2 is 2.08 bits per heavy atom. The number of pyridine rings is 1. The molecule has 0 amide bonds. The highest BCUT2D eigenvalue weighted by atomic mass is 15.3. The number of aromatic nitrogens is 5. The van der Waals surface area contributed by atoms with E-state index in [0.717, 1.165) is 27.8 Å². The van der Waals surface area contributed by atoms with Crippen molar-refractivity contribution in [3.05, 3.63) is 54.7 Å². The number of imidazole rings is 1. The SMILES string of the molecule is CC(C)Nc1cc(-n2ncc3cc(C#N)ccc32)ncc1-c1cnc[nH]1. The van der Waals surface area contributed by atoms with Gasteiger partial charge in [-0.2, -0.15) is 10.4 Å². The van der Waals surface area contributed by atoms with Gasteiger partial charge < -0.3 is 10.3 Å². The second-order valence-corrected chi connectivity index (χ2v) is 6.29. The number of H-pyrrole nitrogens is 1. The van der Waals surface area contributed by atoms with E-state index in [-0.39, 0.29) is 6.04 Å². The molecule has 0 bridgehead atoms. The van der Waals surface area contributed by atoms with Crippen LogP contribution in [0.1, 0.15) is 19.4 Å². The van der Waals surface area contributed by atoms with Gasteiger partial charge in [0, 0.05) is 34.9 Å². The maximum absolute atomic E-state index is 9.06. The lowest BCUT2D eigenvalue weighted by atomic mass is 10.1. The van der Waals surface area contributed by atoms with Crippen molar-refractivity contribution < 1.29 is 0 Å². The topological polar surface area (TPSA) is 95.2 Å². The van der Waals surface area contributed by atoms with Crippen molar-refractivity contribution >= 4 is 16.6 Å². The van der Waals surface area contributed by atoms with Gasteiger partial charge in [0.2, 0.25) is 0 Å². The first-order valence-electron chi connectivity index (χ1n) is 8.29. The summed E-state index contributed by atoms with van der Waals surface area (Å²) >= 11 is 0. The average Bonchev–Trinajstić information content (AvgIpc) is 3.30. The highest BCUT2D eigenvalue weighted by Gasteiger charge is 2.13. The van der Waals surface area contributed by atoms with Crippen molar-refractivity contribution in [1.82, 2.24) is 24.7 Å². The second kappa shape index (κ2) is 6.33. The molecular weight excluding hydrogens is 326 g/mol. The van der Waals surface area contributed by atoms with Crippen LogP contribution in [0.5, 0.6) is 0 Å². The Balaban J connectivity index is 1.84. The normalized spacial score (nSPS) is 11.0. The van der Waals surface area contributed by atoms with Gasteiger partial charge >= 0.3 is 0 Å². The molecule has 0 atom stereocenters. The third-order valence-corrected chi connectivity index (χ3v) is 4.04. The Labute approximate surface area is 150 Å². The molecule has 0 aliphatic heterocycles. The molecule has 0 aliphatic rings. The molecule has 0 aliphatic carbocycles. The predicted molar refractivity (Wildman–Crippen MR) is 99.9 cm³/mol. The molecule has 2 N–H and O–H groups in total. The first kappa shape index (κ1) is 15.8. The summed E-state index contributed by atoms with van der Waals surface area (Å²) in [5.74, 6) is 0.705. The van der Waals surface area contributed by atoms with Gasteiger partial charge in [0.25, 0.3) is 0 Å². The van der Waals surface area contributed by atoms with Crippen molar-refractivity contribution in [3.8, 4) is 23.1 Å². The minimum Gasteiger partial charge on any atom is -0.382 e. The molecule has 7 nitrogen and oxygen atoms in total. The van der Waals surface area contributed by atoms with Crippen LogP contribution in [0.3, 0.4) is 0 Å². The Morgan fingerprint density at radius 1 is 1.19 bits per heavy atom. The standard InChI is InChI=1S/C19H17N7/c1-12(2)25-16-6-19(22-9-15(16)17-10-21-11-23-17)26-18-4-3-13(7-20)5-14(18)8-24-26/h3-6,8-12H,1-2H3,(H,21,23)(H,22,25). The summed E-state index contributed by atoms with van der Waals surface area (Å²) < 4.78 is 1.78. The summed E-state index contributed by atoms with van der Waals surface area (Å²) in [6.45, 7) is 4.17. The molecule has 0 radical (unpaired) electrons. The fourth-order valence-electron chi connectivity index (χ4n) is 2.89. The zero-order chi connectivity index (χ0) is 18.1. The van der Waals surface area contributed by atoms with E-state index in [1.165, 1.54) is 0 Å². The fraction of sp³-hybridized carbons (Fsp3) is 0.158. The van der Waals surface area contributed by atoms with Crippen molar-refractivity contribution in [2.75, 3.05) is 5.32 Å². The number of rotatable bonds is 4. The van der Waals surface area contributed by atoms with Crippen molar-refractivity contribution in [1.29, 1.82) is 5.26 Å². The Hall–Kier alpha value is -3.66. The zero-order valence-corrected chi connectivity index (χ0v) is 14.4. The lowest BCUT2D eigenvalue weighted by Crippen LogP contribution is -2.12. The van der Waals surface area contributed by atoms with Gasteiger partial charge in [0.15, 0.2) is 5.82 Å². The summed E-state index contributed by atoms with van der Waals surface area (Å²) in [7, 11) is 0. The Morgan fingerprint density at radius 3 is 2.81 bits per heavy atom. The maximum Gasteiger partial charge on any atom is 0.156 e. The first-order chi connectivity index (χ1) is 12.7. The van der Waals surface area contributed by atoms with Crippen LogP contribution >= 0.6 is 0 Å². The molecule has 0 fully saturated rings. The predicted octanol–water partition coefficient (Wildman–Crippen LogP) is 3.50. The highest BCUT2D eigenvalue weighted by molar-refractivity contribution is 5.82. The molecule has 1 aromatic carbocycles. The number of nitrogens with zero attached hydrogens (tertiary/aromatic N) is 5. The minimum absolute atomic E-state index is 0.263. The molecule has 3 aromatic heterocycles. The number of nitriles is 1. The monoisotopic (exact) mass is 343 g/mol. The molecule has 26 heavy (non-hydrogen) atoms. The maximum atomic E-state index is 9.06. The van der Waals surface area contributed by atoms with Gasteiger partial charge in [-0.05, 0) is 32.0 Å². The van der Waals surface area contributed by atoms with E-state index >= 15 is 0 Å². The summed E-state index contributed by atoms with van der Waals surface area (Å²) in [6.07, 6.45) is 6.98. The van der Waals surface area contributed by atoms with Crippen LogP contribution in [0.4, 0.5) is 5.69 Å². The van der Waals surface area contributed by atoms with E-state index in [2.05, 4.69) is 45.3 Å². The van der Waals surface area contributed by atoms with Crippen LogP contribution in [-0.4, -0.2) is 30.8 Å². The Bertz CT molecular complexity index is 1100. The van der Waals surface area contributed by atoms with Crippen molar-refractivity contribution in [3.63, 3.8) is 0 Å². The number of aromatic amines is 1. The van der Waals surface area contributed by atoms with Crippen LogP contribution in [0, 0.1) is 11.3 Å². The second-order valence-electron chi connectivity index (χ2n) is 6.29. The quantitative estimate of drug-likeness (QED) is 0.591. The average molecular weight is 343 g/mol. The van der Waals surface area contributed by atoms with E-state index < -0.39 is 0 Å². The molecule has 128 valence electrons. The van der Waals surface area contributed by atoms with Crippen LogP contribution in [-0.2, 0) is 0 Å². The zero-order valence-electron chi connectivity index (χ0n) is 14.4. The third-order valence-electron chi connectivity index (χ3n) is 4.04.